The lowest BCUT2D eigenvalue weighted by molar-refractivity contribution is -0.383. The molecular formula is C20H23N5O2. The summed E-state index contributed by atoms with van der Waals surface area (Å²) in [4.78, 5) is 15.7. The average Bonchev–Trinajstić information content (AvgIpc) is 3.12. The number of nitro groups is 1. The molecule has 2 aromatic carbocycles. The lowest BCUT2D eigenvalue weighted by Crippen LogP contribution is -2.32. The fraction of sp³-hybridized carbons (Fsp3) is 0.350. The van der Waals surface area contributed by atoms with Crippen LogP contribution in [0.3, 0.4) is 0 Å². The van der Waals surface area contributed by atoms with E-state index in [1.807, 2.05) is 56.3 Å². The van der Waals surface area contributed by atoms with Gasteiger partial charge in [-0.1, -0.05) is 30.3 Å². The van der Waals surface area contributed by atoms with Crippen molar-refractivity contribution in [3.63, 3.8) is 0 Å². The molecule has 1 unspecified atom stereocenters. The second-order valence-electron chi connectivity index (χ2n) is 7.07. The number of rotatable bonds is 4. The zero-order valence-electron chi connectivity index (χ0n) is 15.8. The van der Waals surface area contributed by atoms with Crippen LogP contribution >= 0.6 is 0 Å². The number of nitrogen functional groups attached to an aromatic ring is 1. The third-order valence-electron chi connectivity index (χ3n) is 5.30. The van der Waals surface area contributed by atoms with E-state index < -0.39 is 4.92 Å². The Bertz CT molecular complexity index is 918. The molecule has 27 heavy (non-hydrogen) atoms. The first-order valence-corrected chi connectivity index (χ1v) is 8.84. The van der Waals surface area contributed by atoms with Crippen LogP contribution in [0.25, 0.3) is 11.1 Å². The van der Waals surface area contributed by atoms with Crippen LogP contribution in [-0.4, -0.2) is 43.0 Å². The Morgan fingerprint density at radius 2 is 2.00 bits per heavy atom. The zero-order chi connectivity index (χ0) is 19.7. The second kappa shape index (κ2) is 7.25. The van der Waals surface area contributed by atoms with E-state index in [0.29, 0.717) is 35.9 Å². The van der Waals surface area contributed by atoms with Crippen molar-refractivity contribution < 1.29 is 4.92 Å². The lowest BCUT2D eigenvalue weighted by Gasteiger charge is -2.26. The number of anilines is 2. The molecule has 0 spiro atoms. The fourth-order valence-corrected chi connectivity index (χ4v) is 3.83. The van der Waals surface area contributed by atoms with Gasteiger partial charge in [-0.25, -0.2) is 0 Å². The van der Waals surface area contributed by atoms with Gasteiger partial charge in [0.1, 0.15) is 17.4 Å². The maximum absolute atomic E-state index is 12.0. The number of nitrogens with zero attached hydrogens (tertiary/aromatic N) is 4. The van der Waals surface area contributed by atoms with Crippen molar-refractivity contribution in [1.29, 1.82) is 5.26 Å². The van der Waals surface area contributed by atoms with E-state index in [1.165, 1.54) is 0 Å². The quantitative estimate of drug-likeness (QED) is 0.507. The van der Waals surface area contributed by atoms with Gasteiger partial charge in [-0.05, 0) is 38.6 Å². The molecule has 1 fully saturated rings. The van der Waals surface area contributed by atoms with Crippen molar-refractivity contribution >= 4 is 17.1 Å². The molecule has 7 nitrogen and oxygen atoms in total. The smallest absolute Gasteiger partial charge is 0.317 e. The summed E-state index contributed by atoms with van der Waals surface area (Å²) in [5.74, 6) is 0. The predicted molar refractivity (Wildman–Crippen MR) is 107 cm³/mol. The van der Waals surface area contributed by atoms with Gasteiger partial charge in [0.25, 0.3) is 0 Å². The Kier molecular flexibility index (Phi) is 5.02. The van der Waals surface area contributed by atoms with Crippen LogP contribution in [-0.2, 0) is 0 Å². The van der Waals surface area contributed by atoms with Gasteiger partial charge in [0.15, 0.2) is 0 Å². The first kappa shape index (κ1) is 18.7. The zero-order valence-corrected chi connectivity index (χ0v) is 15.8. The maximum atomic E-state index is 12.0. The minimum absolute atomic E-state index is 0.0528. The van der Waals surface area contributed by atoms with E-state index in [-0.39, 0.29) is 16.9 Å². The first-order valence-electron chi connectivity index (χ1n) is 8.84. The molecule has 1 atom stereocenters. The maximum Gasteiger partial charge on any atom is 0.317 e. The molecule has 1 saturated heterocycles. The molecule has 3 rings (SSSR count). The molecule has 0 aromatic heterocycles. The number of nitrogens with two attached hydrogens (primary N) is 1. The van der Waals surface area contributed by atoms with Gasteiger partial charge in [-0.2, -0.15) is 5.26 Å². The second-order valence-corrected chi connectivity index (χ2v) is 7.07. The van der Waals surface area contributed by atoms with Crippen LogP contribution in [0.1, 0.15) is 17.5 Å². The standard InChI is InChI=1S/C20H23N5O2/c1-13-16(11-21)18(22)20(25(26)27)19(17(13)14-7-5-4-6-8-14)24-10-9-15(12-24)23(2)3/h4-8,15H,9-10,12,22H2,1-3H3. The summed E-state index contributed by atoms with van der Waals surface area (Å²) in [5, 5.41) is 21.5. The van der Waals surface area contributed by atoms with E-state index in [0.717, 1.165) is 12.0 Å². The Hall–Kier alpha value is -3.11. The molecular weight excluding hydrogens is 342 g/mol. The van der Waals surface area contributed by atoms with Gasteiger partial charge in [0, 0.05) is 24.7 Å². The summed E-state index contributed by atoms with van der Waals surface area (Å²) in [6, 6.07) is 11.9. The van der Waals surface area contributed by atoms with Crippen molar-refractivity contribution in [3.8, 4) is 17.2 Å². The Balaban J connectivity index is 2.33. The molecule has 1 aliphatic heterocycles. The van der Waals surface area contributed by atoms with E-state index in [9.17, 15) is 15.4 Å². The van der Waals surface area contributed by atoms with Crippen molar-refractivity contribution in [1.82, 2.24) is 4.90 Å². The minimum atomic E-state index is -0.458. The third-order valence-corrected chi connectivity index (χ3v) is 5.30. The molecule has 1 heterocycles. The number of benzene rings is 2. The number of nitro benzene ring substituents is 1. The van der Waals surface area contributed by atoms with Crippen molar-refractivity contribution in [2.75, 3.05) is 37.8 Å². The van der Waals surface area contributed by atoms with Gasteiger partial charge in [-0.15, -0.1) is 0 Å². The van der Waals surface area contributed by atoms with Crippen LogP contribution < -0.4 is 10.6 Å². The highest BCUT2D eigenvalue weighted by atomic mass is 16.6. The van der Waals surface area contributed by atoms with Crippen LogP contribution in [0.4, 0.5) is 17.1 Å². The Morgan fingerprint density at radius 1 is 1.33 bits per heavy atom. The molecule has 7 heteroatoms. The lowest BCUT2D eigenvalue weighted by atomic mass is 9.91. The summed E-state index contributed by atoms with van der Waals surface area (Å²) >= 11 is 0. The van der Waals surface area contributed by atoms with Crippen LogP contribution in [0.5, 0.6) is 0 Å². The van der Waals surface area contributed by atoms with Gasteiger partial charge < -0.3 is 15.5 Å². The minimum Gasteiger partial charge on any atom is -0.392 e. The van der Waals surface area contributed by atoms with Crippen LogP contribution in [0.2, 0.25) is 0 Å². The van der Waals surface area contributed by atoms with E-state index in [4.69, 9.17) is 5.73 Å². The molecule has 140 valence electrons. The summed E-state index contributed by atoms with van der Waals surface area (Å²) in [7, 11) is 4.03. The average molecular weight is 365 g/mol. The highest BCUT2D eigenvalue weighted by Crippen LogP contribution is 2.47. The Labute approximate surface area is 158 Å². The largest absolute Gasteiger partial charge is 0.392 e. The molecule has 2 aromatic rings. The molecule has 0 aliphatic carbocycles. The molecule has 0 bridgehead atoms. The number of nitriles is 1. The molecule has 0 radical (unpaired) electrons. The third kappa shape index (κ3) is 3.20. The van der Waals surface area contributed by atoms with Crippen molar-refractivity contribution in [3.05, 3.63) is 51.6 Å². The van der Waals surface area contributed by atoms with E-state index >= 15 is 0 Å². The summed E-state index contributed by atoms with van der Waals surface area (Å²) < 4.78 is 0. The van der Waals surface area contributed by atoms with Gasteiger partial charge in [0.05, 0.1) is 10.5 Å². The van der Waals surface area contributed by atoms with Crippen molar-refractivity contribution in [2.24, 2.45) is 0 Å². The van der Waals surface area contributed by atoms with Crippen LogP contribution in [0.15, 0.2) is 30.3 Å². The topological polar surface area (TPSA) is 99.4 Å². The highest BCUT2D eigenvalue weighted by Gasteiger charge is 2.35. The van der Waals surface area contributed by atoms with Crippen molar-refractivity contribution in [2.45, 2.75) is 19.4 Å². The number of likely N-dealkylation sites (N-methyl/N-ethyl adjacent to an activating group) is 1. The number of hydrogen-bond acceptors (Lipinski definition) is 6. The SMILES string of the molecule is Cc1c(C#N)c(N)c([N+](=O)[O-])c(N2CCC(N(C)C)C2)c1-c1ccccc1. The monoisotopic (exact) mass is 365 g/mol. The molecule has 1 aliphatic rings. The highest BCUT2D eigenvalue weighted by molar-refractivity contribution is 5.95. The normalized spacial score (nSPS) is 16.6. The van der Waals surface area contributed by atoms with Crippen LogP contribution in [0, 0.1) is 28.4 Å². The Morgan fingerprint density at radius 3 is 2.52 bits per heavy atom. The molecule has 0 amide bonds. The van der Waals surface area contributed by atoms with E-state index in [2.05, 4.69) is 11.0 Å². The summed E-state index contributed by atoms with van der Waals surface area (Å²) in [5.41, 5.74) is 8.81. The summed E-state index contributed by atoms with van der Waals surface area (Å²) in [6.07, 6.45) is 0.914. The fourth-order valence-electron chi connectivity index (χ4n) is 3.83. The number of hydrogen-bond donors (Lipinski definition) is 1. The van der Waals surface area contributed by atoms with Gasteiger partial charge in [-0.3, -0.25) is 10.1 Å². The first-order chi connectivity index (χ1) is 12.9. The van der Waals surface area contributed by atoms with Gasteiger partial charge in [0.2, 0.25) is 0 Å². The van der Waals surface area contributed by atoms with Gasteiger partial charge >= 0.3 is 5.69 Å². The molecule has 0 saturated carbocycles. The van der Waals surface area contributed by atoms with E-state index in [1.54, 1.807) is 0 Å². The summed E-state index contributed by atoms with van der Waals surface area (Å²) in [6.45, 7) is 3.19. The molecule has 2 N–H and O–H groups in total. The predicted octanol–water partition coefficient (Wildman–Crippen LogP) is 3.16.